The highest BCUT2D eigenvalue weighted by atomic mass is 35.5. The summed E-state index contributed by atoms with van der Waals surface area (Å²) in [5.74, 6) is -1.56. The number of thiazole rings is 1. The van der Waals surface area contributed by atoms with Crippen LogP contribution < -0.4 is 0 Å². The molecule has 0 aliphatic rings. The van der Waals surface area contributed by atoms with Crippen LogP contribution in [0.5, 0.6) is 0 Å². The third-order valence-electron chi connectivity index (χ3n) is 4.91. The molecule has 11 heteroatoms. The highest BCUT2D eigenvalue weighted by Crippen LogP contribution is 2.41. The van der Waals surface area contributed by atoms with E-state index in [4.69, 9.17) is 23.2 Å². The Morgan fingerprint density at radius 2 is 2.03 bits per heavy atom. The summed E-state index contributed by atoms with van der Waals surface area (Å²) in [6.07, 6.45) is 2.75. The molecule has 0 unspecified atom stereocenters. The Bertz CT molecular complexity index is 1240. The van der Waals surface area contributed by atoms with Gasteiger partial charge >= 0.3 is 0 Å². The zero-order valence-corrected chi connectivity index (χ0v) is 19.7. The molecule has 166 valence electrons. The first-order chi connectivity index (χ1) is 15.3. The molecule has 2 aromatic carbocycles. The largest absolute Gasteiger partial charge is 0.382 e. The Labute approximate surface area is 201 Å². The van der Waals surface area contributed by atoms with E-state index in [9.17, 15) is 13.9 Å². The van der Waals surface area contributed by atoms with Crippen LogP contribution >= 0.6 is 46.3 Å². The molecule has 0 bridgehead atoms. The zero-order valence-electron chi connectivity index (χ0n) is 16.5. The summed E-state index contributed by atoms with van der Waals surface area (Å²) in [5.41, 5.74) is -0.361. The molecule has 5 nitrogen and oxygen atoms in total. The van der Waals surface area contributed by atoms with Crippen molar-refractivity contribution in [1.29, 1.82) is 0 Å². The van der Waals surface area contributed by atoms with Crippen LogP contribution in [0.25, 0.3) is 11.3 Å². The van der Waals surface area contributed by atoms with Gasteiger partial charge in [-0.1, -0.05) is 41.0 Å². The van der Waals surface area contributed by atoms with Gasteiger partial charge in [-0.2, -0.15) is 5.10 Å². The summed E-state index contributed by atoms with van der Waals surface area (Å²) in [4.78, 5) is 8.49. The molecule has 2 aromatic heterocycles. The van der Waals surface area contributed by atoms with E-state index >= 15 is 0 Å². The van der Waals surface area contributed by atoms with Gasteiger partial charge in [-0.25, -0.2) is 23.4 Å². The highest BCUT2D eigenvalue weighted by molar-refractivity contribution is 8.01. The molecule has 0 amide bonds. The molecule has 0 spiro atoms. The molecule has 2 atom stereocenters. The molecule has 4 aromatic rings. The lowest BCUT2D eigenvalue weighted by Crippen LogP contribution is -2.41. The third-order valence-corrected chi connectivity index (χ3v) is 7.70. The number of thioether (sulfide) groups is 1. The van der Waals surface area contributed by atoms with Gasteiger partial charge in [0.25, 0.3) is 0 Å². The maximum Gasteiger partial charge on any atom is 0.150 e. The number of aliphatic hydroxyl groups is 1. The van der Waals surface area contributed by atoms with Gasteiger partial charge in [-0.3, -0.25) is 0 Å². The summed E-state index contributed by atoms with van der Waals surface area (Å²) < 4.78 is 30.2. The topological polar surface area (TPSA) is 63.8 Å². The Morgan fingerprint density at radius 1 is 1.22 bits per heavy atom. The van der Waals surface area contributed by atoms with Crippen molar-refractivity contribution in [2.45, 2.75) is 28.7 Å². The first-order valence-corrected chi connectivity index (χ1v) is 11.9. The number of hydrogen-bond donors (Lipinski definition) is 1. The minimum absolute atomic E-state index is 0.0353. The third kappa shape index (κ3) is 4.82. The van der Waals surface area contributed by atoms with Crippen molar-refractivity contribution in [3.05, 3.63) is 81.7 Å². The molecule has 0 radical (unpaired) electrons. The molecule has 0 saturated carbocycles. The van der Waals surface area contributed by atoms with E-state index in [0.29, 0.717) is 20.1 Å². The van der Waals surface area contributed by atoms with Gasteiger partial charge in [0, 0.05) is 32.8 Å². The fraction of sp³-hybridized carbons (Fsp3) is 0.190. The number of rotatable bonds is 7. The smallest absolute Gasteiger partial charge is 0.150 e. The maximum absolute atomic E-state index is 14.7. The summed E-state index contributed by atoms with van der Waals surface area (Å²) >= 11 is 14.9. The predicted molar refractivity (Wildman–Crippen MR) is 123 cm³/mol. The van der Waals surface area contributed by atoms with E-state index in [1.807, 2.05) is 5.38 Å². The van der Waals surface area contributed by atoms with Crippen LogP contribution in [0.2, 0.25) is 10.0 Å². The molecule has 0 aliphatic carbocycles. The van der Waals surface area contributed by atoms with E-state index in [1.54, 1.807) is 25.1 Å². The summed E-state index contributed by atoms with van der Waals surface area (Å²) in [5, 5.41) is 17.9. The quantitative estimate of drug-likeness (QED) is 0.305. The van der Waals surface area contributed by atoms with Crippen LogP contribution in [0, 0.1) is 11.6 Å². The number of aromatic nitrogens is 4. The van der Waals surface area contributed by atoms with Crippen molar-refractivity contribution in [3.63, 3.8) is 0 Å². The monoisotopic (exact) mass is 512 g/mol. The lowest BCUT2D eigenvalue weighted by atomic mass is 9.90. The number of nitrogens with zero attached hydrogens (tertiary/aromatic N) is 4. The molecule has 0 saturated heterocycles. The molecule has 2 heterocycles. The van der Waals surface area contributed by atoms with Crippen LogP contribution in [0.4, 0.5) is 8.78 Å². The first-order valence-electron chi connectivity index (χ1n) is 9.34. The van der Waals surface area contributed by atoms with Gasteiger partial charge in [0.15, 0.2) is 4.34 Å². The van der Waals surface area contributed by atoms with Crippen LogP contribution in [-0.4, -0.2) is 30.1 Å². The second-order valence-electron chi connectivity index (χ2n) is 7.02. The molecular formula is C21H16Cl2F2N4OS2. The summed E-state index contributed by atoms with van der Waals surface area (Å²) in [7, 11) is 0. The van der Waals surface area contributed by atoms with Crippen molar-refractivity contribution in [2.24, 2.45) is 0 Å². The highest BCUT2D eigenvalue weighted by Gasteiger charge is 2.40. The Balaban J connectivity index is 1.64. The SMILES string of the molecule is C[C@@H](Sc1nc(-c2ccc(Cl)cc2Cl)cs1)[C@](O)(Cn1cncn1)c1ccc(F)cc1F. The van der Waals surface area contributed by atoms with Crippen LogP contribution in [-0.2, 0) is 12.1 Å². The van der Waals surface area contributed by atoms with Crippen molar-refractivity contribution < 1.29 is 13.9 Å². The molecular weight excluding hydrogens is 497 g/mol. The van der Waals surface area contributed by atoms with E-state index in [1.165, 1.54) is 46.5 Å². The fourth-order valence-corrected chi connectivity index (χ4v) is 5.91. The normalized spacial score (nSPS) is 14.3. The molecule has 0 fully saturated rings. The van der Waals surface area contributed by atoms with Crippen LogP contribution in [0.3, 0.4) is 0 Å². The molecule has 32 heavy (non-hydrogen) atoms. The summed E-state index contributed by atoms with van der Waals surface area (Å²) in [6.45, 7) is 1.67. The fourth-order valence-electron chi connectivity index (χ4n) is 3.22. The minimum atomic E-state index is -1.72. The van der Waals surface area contributed by atoms with E-state index < -0.39 is 22.5 Å². The first kappa shape index (κ1) is 23.1. The average Bonchev–Trinajstić information content (AvgIpc) is 3.40. The van der Waals surface area contributed by atoms with Gasteiger partial charge in [0.05, 0.1) is 17.3 Å². The van der Waals surface area contributed by atoms with Gasteiger partial charge in [-0.05, 0) is 31.2 Å². The lowest BCUT2D eigenvalue weighted by molar-refractivity contribution is 0.0133. The average molecular weight is 513 g/mol. The van der Waals surface area contributed by atoms with Crippen LogP contribution in [0.1, 0.15) is 12.5 Å². The molecule has 0 aliphatic heterocycles. The number of halogens is 4. The van der Waals surface area contributed by atoms with Gasteiger partial charge < -0.3 is 5.11 Å². The number of hydrogen-bond acceptors (Lipinski definition) is 6. The van der Waals surface area contributed by atoms with Gasteiger partial charge in [0.2, 0.25) is 0 Å². The minimum Gasteiger partial charge on any atom is -0.382 e. The molecule has 4 rings (SSSR count). The van der Waals surface area contributed by atoms with Crippen molar-refractivity contribution in [2.75, 3.05) is 0 Å². The van der Waals surface area contributed by atoms with Crippen molar-refractivity contribution >= 4 is 46.3 Å². The maximum atomic E-state index is 14.7. The Hall–Kier alpha value is -2.04. The van der Waals surface area contributed by atoms with E-state index in [-0.39, 0.29) is 12.1 Å². The van der Waals surface area contributed by atoms with Gasteiger partial charge in [0.1, 0.15) is 29.9 Å². The standard InChI is InChI=1S/C21H16Cl2F2N4OS2/c1-12(32-20-28-19(8-31-20)15-4-2-13(22)6-17(15)23)21(30,9-29-11-26-10-27-29)16-5-3-14(24)7-18(16)25/h2-8,10-12,30H,9H2,1H3/t12-,21-/m1/s1. The Morgan fingerprint density at radius 3 is 2.72 bits per heavy atom. The second kappa shape index (κ2) is 9.44. The second-order valence-corrected chi connectivity index (χ2v) is 10.3. The van der Waals surface area contributed by atoms with E-state index in [2.05, 4.69) is 15.1 Å². The van der Waals surface area contributed by atoms with Gasteiger partial charge in [-0.15, -0.1) is 11.3 Å². The zero-order chi connectivity index (χ0) is 22.9. The predicted octanol–water partition coefficient (Wildman–Crippen LogP) is 6.06. The summed E-state index contributed by atoms with van der Waals surface area (Å²) in [6, 6.07) is 8.27. The van der Waals surface area contributed by atoms with Crippen molar-refractivity contribution in [3.8, 4) is 11.3 Å². The van der Waals surface area contributed by atoms with E-state index in [0.717, 1.165) is 17.7 Å². The van der Waals surface area contributed by atoms with Crippen LogP contribution in [0.15, 0.2) is 58.8 Å². The molecule has 1 N–H and O–H groups in total. The Kier molecular flexibility index (Phi) is 6.83. The number of benzene rings is 2. The van der Waals surface area contributed by atoms with Crippen molar-refractivity contribution in [1.82, 2.24) is 19.7 Å². The lowest BCUT2D eigenvalue weighted by Gasteiger charge is -2.34.